The zero-order valence-electron chi connectivity index (χ0n) is 10.0. The third-order valence-corrected chi connectivity index (χ3v) is 4.03. The highest BCUT2D eigenvalue weighted by Gasteiger charge is 2.38. The van der Waals surface area contributed by atoms with Gasteiger partial charge in [0, 0.05) is 12.0 Å². The van der Waals surface area contributed by atoms with E-state index in [2.05, 4.69) is 21.2 Å². The first kappa shape index (κ1) is 13.6. The molecule has 18 heavy (non-hydrogen) atoms. The van der Waals surface area contributed by atoms with Gasteiger partial charge in [-0.25, -0.2) is 8.78 Å². The molecule has 1 heterocycles. The molecule has 2 rings (SSSR count). The van der Waals surface area contributed by atoms with E-state index < -0.39 is 28.4 Å². The fraction of sp³-hybridized carbons (Fsp3) is 0.462. The summed E-state index contributed by atoms with van der Waals surface area (Å²) in [5.74, 6) is -2.08. The van der Waals surface area contributed by atoms with Crippen molar-refractivity contribution in [2.24, 2.45) is 5.41 Å². The van der Waals surface area contributed by atoms with E-state index in [9.17, 15) is 13.6 Å². The molecule has 1 atom stereocenters. The van der Waals surface area contributed by atoms with Gasteiger partial charge in [-0.15, -0.1) is 0 Å². The monoisotopic (exact) mass is 317 g/mol. The maximum absolute atomic E-state index is 13.9. The summed E-state index contributed by atoms with van der Waals surface area (Å²) in [6, 6.07) is 2.38. The van der Waals surface area contributed by atoms with E-state index in [4.69, 9.17) is 0 Å². The molecule has 1 fully saturated rings. The summed E-state index contributed by atoms with van der Waals surface area (Å²) in [5.41, 5.74) is -1.17. The molecule has 0 amide bonds. The van der Waals surface area contributed by atoms with Crippen LogP contribution < -0.4 is 5.32 Å². The van der Waals surface area contributed by atoms with E-state index in [1.165, 1.54) is 6.07 Å². The first-order chi connectivity index (χ1) is 8.46. The molecule has 1 N–H and O–H groups in total. The van der Waals surface area contributed by atoms with Crippen LogP contribution in [0.25, 0.3) is 0 Å². The number of benzene rings is 1. The van der Waals surface area contributed by atoms with Crippen molar-refractivity contribution < 1.29 is 13.6 Å². The maximum Gasteiger partial charge on any atom is 0.175 e. The van der Waals surface area contributed by atoms with Crippen molar-refractivity contribution in [3.8, 4) is 0 Å². The lowest BCUT2D eigenvalue weighted by atomic mass is 9.76. The highest BCUT2D eigenvalue weighted by atomic mass is 79.9. The standard InChI is InChI=1S/C13H14BrF2NO/c1-13(5-2-6-17-7-13)12(18)10-9(15)4-3-8(14)11(10)16/h3-4,17H,2,5-7H2,1H3. The number of carbonyl (C=O) groups excluding carboxylic acids is 1. The zero-order chi connectivity index (χ0) is 13.3. The van der Waals surface area contributed by atoms with Gasteiger partial charge in [0.15, 0.2) is 11.6 Å². The number of hydrogen-bond acceptors (Lipinski definition) is 2. The van der Waals surface area contributed by atoms with E-state index in [1.54, 1.807) is 6.92 Å². The molecule has 0 saturated carbocycles. The minimum Gasteiger partial charge on any atom is -0.316 e. The summed E-state index contributed by atoms with van der Waals surface area (Å²) < 4.78 is 27.7. The summed E-state index contributed by atoms with van der Waals surface area (Å²) in [4.78, 5) is 12.4. The molecule has 1 unspecified atom stereocenters. The fourth-order valence-electron chi connectivity index (χ4n) is 2.29. The summed E-state index contributed by atoms with van der Waals surface area (Å²) in [5, 5.41) is 3.10. The largest absolute Gasteiger partial charge is 0.316 e. The quantitative estimate of drug-likeness (QED) is 0.670. The lowest BCUT2D eigenvalue weighted by Gasteiger charge is -2.32. The van der Waals surface area contributed by atoms with Crippen LogP contribution in [0, 0.1) is 17.0 Å². The first-order valence-corrected chi connectivity index (χ1v) is 6.64. The van der Waals surface area contributed by atoms with Gasteiger partial charge in [-0.1, -0.05) is 6.92 Å². The van der Waals surface area contributed by atoms with Crippen molar-refractivity contribution >= 4 is 21.7 Å². The molecule has 1 aliphatic heterocycles. The second-order valence-corrected chi connectivity index (χ2v) is 5.74. The van der Waals surface area contributed by atoms with Gasteiger partial charge < -0.3 is 5.32 Å². The summed E-state index contributed by atoms with van der Waals surface area (Å²) in [6.45, 7) is 3.05. The minimum atomic E-state index is -0.813. The maximum atomic E-state index is 13.9. The molecule has 0 radical (unpaired) electrons. The Labute approximate surface area is 113 Å². The van der Waals surface area contributed by atoms with Crippen LogP contribution in [0.15, 0.2) is 16.6 Å². The molecule has 5 heteroatoms. The van der Waals surface area contributed by atoms with Crippen molar-refractivity contribution in [1.82, 2.24) is 5.32 Å². The van der Waals surface area contributed by atoms with Crippen LogP contribution in [0.5, 0.6) is 0 Å². The molecule has 1 saturated heterocycles. The number of ketones is 1. The summed E-state index contributed by atoms with van der Waals surface area (Å²) in [6.07, 6.45) is 1.48. The third-order valence-electron chi connectivity index (χ3n) is 3.42. The summed E-state index contributed by atoms with van der Waals surface area (Å²) >= 11 is 2.98. The Balaban J connectivity index is 2.42. The van der Waals surface area contributed by atoms with Gasteiger partial charge in [-0.05, 0) is 47.4 Å². The van der Waals surface area contributed by atoms with Gasteiger partial charge in [0.25, 0.3) is 0 Å². The Morgan fingerprint density at radius 3 is 2.78 bits per heavy atom. The molecular formula is C13H14BrF2NO. The Morgan fingerprint density at radius 2 is 2.17 bits per heavy atom. The highest BCUT2D eigenvalue weighted by molar-refractivity contribution is 9.10. The van der Waals surface area contributed by atoms with Crippen LogP contribution in [-0.2, 0) is 0 Å². The van der Waals surface area contributed by atoms with Gasteiger partial charge in [0.05, 0.1) is 10.0 Å². The van der Waals surface area contributed by atoms with Crippen molar-refractivity contribution in [1.29, 1.82) is 0 Å². The molecule has 98 valence electrons. The average Bonchev–Trinajstić information content (AvgIpc) is 2.35. The molecule has 2 nitrogen and oxygen atoms in total. The van der Waals surface area contributed by atoms with E-state index in [0.717, 1.165) is 19.0 Å². The Kier molecular flexibility index (Phi) is 3.82. The van der Waals surface area contributed by atoms with E-state index in [1.807, 2.05) is 0 Å². The van der Waals surface area contributed by atoms with Gasteiger partial charge in [0.2, 0.25) is 0 Å². The molecule has 0 spiro atoms. The van der Waals surface area contributed by atoms with Crippen LogP contribution in [-0.4, -0.2) is 18.9 Å². The number of piperidine rings is 1. The van der Waals surface area contributed by atoms with Crippen LogP contribution in [0.3, 0.4) is 0 Å². The molecule has 0 aromatic heterocycles. The van der Waals surface area contributed by atoms with E-state index >= 15 is 0 Å². The molecule has 1 aromatic rings. The predicted octanol–water partition coefficient (Wildman–Crippen LogP) is 3.30. The van der Waals surface area contributed by atoms with Crippen LogP contribution in [0.4, 0.5) is 8.78 Å². The van der Waals surface area contributed by atoms with Gasteiger partial charge in [-0.3, -0.25) is 4.79 Å². The number of nitrogens with one attached hydrogen (secondary N) is 1. The van der Waals surface area contributed by atoms with Crippen molar-refractivity contribution in [3.63, 3.8) is 0 Å². The smallest absolute Gasteiger partial charge is 0.175 e. The summed E-state index contributed by atoms with van der Waals surface area (Å²) in [7, 11) is 0. The van der Waals surface area contributed by atoms with Crippen molar-refractivity contribution in [3.05, 3.63) is 33.8 Å². The van der Waals surface area contributed by atoms with Crippen molar-refractivity contribution in [2.45, 2.75) is 19.8 Å². The van der Waals surface area contributed by atoms with Crippen molar-refractivity contribution in [2.75, 3.05) is 13.1 Å². The molecular weight excluding hydrogens is 304 g/mol. The Bertz CT molecular complexity index is 484. The van der Waals surface area contributed by atoms with Crippen LogP contribution >= 0.6 is 15.9 Å². The predicted molar refractivity (Wildman–Crippen MR) is 68.6 cm³/mol. The van der Waals surface area contributed by atoms with E-state index in [0.29, 0.717) is 13.0 Å². The second kappa shape index (κ2) is 5.05. The number of hydrogen-bond donors (Lipinski definition) is 1. The third kappa shape index (κ3) is 2.34. The molecule has 1 aliphatic rings. The molecule has 1 aromatic carbocycles. The SMILES string of the molecule is CC1(C(=O)c2c(F)ccc(Br)c2F)CCCNC1. The highest BCUT2D eigenvalue weighted by Crippen LogP contribution is 2.33. The van der Waals surface area contributed by atoms with Gasteiger partial charge in [-0.2, -0.15) is 0 Å². The Morgan fingerprint density at radius 1 is 1.44 bits per heavy atom. The number of halogens is 3. The fourth-order valence-corrected chi connectivity index (χ4v) is 2.62. The van der Waals surface area contributed by atoms with Crippen LogP contribution in [0.1, 0.15) is 30.1 Å². The topological polar surface area (TPSA) is 29.1 Å². The minimum absolute atomic E-state index is 0.111. The number of rotatable bonds is 2. The molecule has 0 bridgehead atoms. The lowest BCUT2D eigenvalue weighted by Crippen LogP contribution is -2.44. The molecule has 0 aliphatic carbocycles. The van der Waals surface area contributed by atoms with Crippen LogP contribution in [0.2, 0.25) is 0 Å². The lowest BCUT2D eigenvalue weighted by molar-refractivity contribution is 0.0763. The van der Waals surface area contributed by atoms with Gasteiger partial charge in [0.1, 0.15) is 5.82 Å². The normalized spacial score (nSPS) is 24.0. The first-order valence-electron chi connectivity index (χ1n) is 5.85. The van der Waals surface area contributed by atoms with E-state index in [-0.39, 0.29) is 4.47 Å². The second-order valence-electron chi connectivity index (χ2n) is 4.89. The average molecular weight is 318 g/mol. The number of Topliss-reactive ketones (excluding diaryl/α,β-unsaturated/α-hetero) is 1. The van der Waals surface area contributed by atoms with Gasteiger partial charge >= 0.3 is 0 Å². The zero-order valence-corrected chi connectivity index (χ0v) is 11.6. The Hall–Kier alpha value is -0.810. The number of carbonyl (C=O) groups is 1.